The van der Waals surface area contributed by atoms with Crippen LogP contribution in [0.3, 0.4) is 0 Å². The summed E-state index contributed by atoms with van der Waals surface area (Å²) in [5.41, 5.74) is 0.879. The highest BCUT2D eigenvalue weighted by molar-refractivity contribution is 5.84. The van der Waals surface area contributed by atoms with E-state index < -0.39 is 11.7 Å². The summed E-state index contributed by atoms with van der Waals surface area (Å²) >= 11 is 0. The van der Waals surface area contributed by atoms with Crippen LogP contribution in [0, 0.1) is 6.92 Å². The van der Waals surface area contributed by atoms with E-state index >= 15 is 0 Å². The molecule has 0 bridgehead atoms. The highest BCUT2D eigenvalue weighted by atomic mass is 19.4. The Labute approximate surface area is 108 Å². The van der Waals surface area contributed by atoms with Crippen LogP contribution in [0.4, 0.5) is 13.2 Å². The normalized spacial score (nSPS) is 12.1. The van der Waals surface area contributed by atoms with Crippen molar-refractivity contribution in [3.8, 4) is 0 Å². The molecule has 1 heterocycles. The molecule has 1 aromatic carbocycles. The molecule has 0 radical (unpaired) electrons. The number of aromatic nitrogens is 1. The van der Waals surface area contributed by atoms with E-state index in [-0.39, 0.29) is 5.56 Å². The van der Waals surface area contributed by atoms with E-state index in [0.29, 0.717) is 28.5 Å². The Balaban J connectivity index is 2.90. The third-order valence-corrected chi connectivity index (χ3v) is 3.46. The molecule has 0 saturated heterocycles. The molecule has 0 amide bonds. The summed E-state index contributed by atoms with van der Waals surface area (Å²) in [5.74, 6) is 0. The second kappa shape index (κ2) is 4.40. The molecule has 0 N–H and O–H groups in total. The maximum atomic E-state index is 12.7. The second-order valence-corrected chi connectivity index (χ2v) is 4.55. The summed E-state index contributed by atoms with van der Waals surface area (Å²) in [4.78, 5) is 12.1. The van der Waals surface area contributed by atoms with E-state index in [0.717, 1.165) is 12.1 Å². The molecule has 5 heteroatoms. The Morgan fingerprint density at radius 2 is 1.89 bits per heavy atom. The number of hydrogen-bond acceptors (Lipinski definition) is 1. The standard InChI is InChI=1S/C14H14F3NO/c1-4-10-8(2)11-7-9(14(15,16)17)5-6-12(11)18(3)13(10)19/h5-7H,4H2,1-3H3. The fourth-order valence-corrected chi connectivity index (χ4v) is 2.36. The van der Waals surface area contributed by atoms with Crippen molar-refractivity contribution in [2.75, 3.05) is 0 Å². The number of hydrogen-bond donors (Lipinski definition) is 0. The summed E-state index contributed by atoms with van der Waals surface area (Å²) in [7, 11) is 1.58. The van der Waals surface area contributed by atoms with Crippen molar-refractivity contribution in [1.29, 1.82) is 0 Å². The van der Waals surface area contributed by atoms with Gasteiger partial charge < -0.3 is 4.57 Å². The topological polar surface area (TPSA) is 22.0 Å². The van der Waals surface area contributed by atoms with E-state index in [1.807, 2.05) is 6.92 Å². The molecule has 0 spiro atoms. The predicted molar refractivity (Wildman–Crippen MR) is 68.3 cm³/mol. The molecule has 0 fully saturated rings. The molecule has 0 aliphatic heterocycles. The third-order valence-electron chi connectivity index (χ3n) is 3.46. The first kappa shape index (κ1) is 13.6. The fourth-order valence-electron chi connectivity index (χ4n) is 2.36. The monoisotopic (exact) mass is 269 g/mol. The van der Waals surface area contributed by atoms with Crippen molar-refractivity contribution in [1.82, 2.24) is 4.57 Å². The molecule has 0 atom stereocenters. The van der Waals surface area contributed by atoms with Crippen molar-refractivity contribution in [2.45, 2.75) is 26.4 Å². The lowest BCUT2D eigenvalue weighted by Crippen LogP contribution is -2.23. The Bertz CT molecular complexity index is 698. The highest BCUT2D eigenvalue weighted by Gasteiger charge is 2.30. The largest absolute Gasteiger partial charge is 0.416 e. The van der Waals surface area contributed by atoms with Crippen LogP contribution < -0.4 is 5.56 Å². The molecule has 0 saturated carbocycles. The van der Waals surface area contributed by atoms with Crippen molar-refractivity contribution in [2.24, 2.45) is 7.05 Å². The van der Waals surface area contributed by atoms with Gasteiger partial charge in [-0.3, -0.25) is 4.79 Å². The number of aryl methyl sites for hydroxylation is 2. The van der Waals surface area contributed by atoms with Gasteiger partial charge in [0, 0.05) is 18.0 Å². The van der Waals surface area contributed by atoms with Gasteiger partial charge in [-0.1, -0.05) is 6.92 Å². The third kappa shape index (κ3) is 2.13. The van der Waals surface area contributed by atoms with Gasteiger partial charge in [-0.05, 0) is 37.1 Å². The number of benzene rings is 1. The average Bonchev–Trinajstić information content (AvgIpc) is 2.35. The van der Waals surface area contributed by atoms with E-state index in [2.05, 4.69) is 0 Å². The first-order valence-corrected chi connectivity index (χ1v) is 5.96. The molecule has 0 aliphatic carbocycles. The van der Waals surface area contributed by atoms with Crippen LogP contribution in [0.25, 0.3) is 10.9 Å². The number of halogens is 3. The van der Waals surface area contributed by atoms with Crippen LogP contribution in [0.2, 0.25) is 0 Å². The average molecular weight is 269 g/mol. The van der Waals surface area contributed by atoms with Gasteiger partial charge in [0.25, 0.3) is 5.56 Å². The zero-order valence-corrected chi connectivity index (χ0v) is 10.9. The maximum Gasteiger partial charge on any atom is 0.416 e. The fraction of sp³-hybridized carbons (Fsp3) is 0.357. The molecule has 19 heavy (non-hydrogen) atoms. The maximum absolute atomic E-state index is 12.7. The number of fused-ring (bicyclic) bond motifs is 1. The van der Waals surface area contributed by atoms with Crippen LogP contribution in [0.1, 0.15) is 23.6 Å². The van der Waals surface area contributed by atoms with Gasteiger partial charge in [-0.25, -0.2) is 0 Å². The summed E-state index contributed by atoms with van der Waals surface area (Å²) in [5, 5.41) is 0.480. The molecule has 0 aliphatic rings. The number of pyridine rings is 1. The zero-order valence-electron chi connectivity index (χ0n) is 10.9. The minimum Gasteiger partial charge on any atom is -0.311 e. The lowest BCUT2D eigenvalue weighted by molar-refractivity contribution is -0.137. The van der Waals surface area contributed by atoms with Gasteiger partial charge in [-0.15, -0.1) is 0 Å². The van der Waals surface area contributed by atoms with Crippen LogP contribution >= 0.6 is 0 Å². The quantitative estimate of drug-likeness (QED) is 0.777. The lowest BCUT2D eigenvalue weighted by atomic mass is 10.0. The highest BCUT2D eigenvalue weighted by Crippen LogP contribution is 2.32. The van der Waals surface area contributed by atoms with Crippen LogP contribution in [-0.2, 0) is 19.6 Å². The van der Waals surface area contributed by atoms with Crippen LogP contribution in [0.5, 0.6) is 0 Å². The Kier molecular flexibility index (Phi) is 3.16. The summed E-state index contributed by atoms with van der Waals surface area (Å²) in [6.45, 7) is 3.52. The summed E-state index contributed by atoms with van der Waals surface area (Å²) in [6.07, 6.45) is -3.87. The molecular formula is C14H14F3NO. The van der Waals surface area contributed by atoms with Gasteiger partial charge in [0.05, 0.1) is 11.1 Å². The van der Waals surface area contributed by atoms with E-state index in [1.165, 1.54) is 10.6 Å². The second-order valence-electron chi connectivity index (χ2n) is 4.55. The SMILES string of the molecule is CCc1c(C)c2cc(C(F)(F)F)ccc2n(C)c1=O. The van der Waals surface area contributed by atoms with E-state index in [9.17, 15) is 18.0 Å². The minimum atomic E-state index is -4.37. The van der Waals surface area contributed by atoms with Crippen molar-refractivity contribution in [3.05, 3.63) is 45.2 Å². The molecule has 2 nitrogen and oxygen atoms in total. The molecule has 1 aromatic heterocycles. The number of rotatable bonds is 1. The van der Waals surface area contributed by atoms with E-state index in [4.69, 9.17) is 0 Å². The van der Waals surface area contributed by atoms with Gasteiger partial charge >= 0.3 is 6.18 Å². The zero-order chi connectivity index (χ0) is 14.4. The summed E-state index contributed by atoms with van der Waals surface area (Å²) < 4.78 is 39.6. The van der Waals surface area contributed by atoms with Gasteiger partial charge in [-0.2, -0.15) is 13.2 Å². The number of alkyl halides is 3. The van der Waals surface area contributed by atoms with Crippen molar-refractivity contribution >= 4 is 10.9 Å². The minimum absolute atomic E-state index is 0.146. The molecule has 0 unspecified atom stereocenters. The number of nitrogens with zero attached hydrogens (tertiary/aromatic N) is 1. The van der Waals surface area contributed by atoms with Crippen LogP contribution in [0.15, 0.2) is 23.0 Å². The first-order chi connectivity index (χ1) is 8.77. The Hall–Kier alpha value is -1.78. The predicted octanol–water partition coefficient (Wildman–Crippen LogP) is 3.43. The molecule has 102 valence electrons. The lowest BCUT2D eigenvalue weighted by Gasteiger charge is -2.14. The van der Waals surface area contributed by atoms with E-state index in [1.54, 1.807) is 14.0 Å². The van der Waals surface area contributed by atoms with Gasteiger partial charge in [0.2, 0.25) is 0 Å². The molecule has 2 rings (SSSR count). The Morgan fingerprint density at radius 1 is 1.26 bits per heavy atom. The molecule has 2 aromatic rings. The summed E-state index contributed by atoms with van der Waals surface area (Å²) in [6, 6.07) is 3.47. The van der Waals surface area contributed by atoms with Crippen molar-refractivity contribution < 1.29 is 13.2 Å². The van der Waals surface area contributed by atoms with Gasteiger partial charge in [0.15, 0.2) is 0 Å². The molecular weight excluding hydrogens is 255 g/mol. The van der Waals surface area contributed by atoms with Gasteiger partial charge in [0.1, 0.15) is 0 Å². The van der Waals surface area contributed by atoms with Crippen molar-refractivity contribution in [3.63, 3.8) is 0 Å². The first-order valence-electron chi connectivity index (χ1n) is 5.96. The smallest absolute Gasteiger partial charge is 0.311 e. The van der Waals surface area contributed by atoms with Crippen LogP contribution in [-0.4, -0.2) is 4.57 Å². The Morgan fingerprint density at radius 3 is 2.42 bits per heavy atom.